The van der Waals surface area contributed by atoms with Gasteiger partial charge in [0, 0.05) is 29.4 Å². The van der Waals surface area contributed by atoms with Gasteiger partial charge < -0.3 is 0 Å². The number of nitrogens with zero attached hydrogens (tertiary/aromatic N) is 4. The maximum absolute atomic E-state index is 13.3. The molecule has 5 rings (SSSR count). The van der Waals surface area contributed by atoms with Crippen molar-refractivity contribution < 1.29 is 0 Å². The van der Waals surface area contributed by atoms with Crippen LogP contribution in [0.3, 0.4) is 0 Å². The van der Waals surface area contributed by atoms with Crippen LogP contribution in [0.15, 0.2) is 39.1 Å². The lowest BCUT2D eigenvalue weighted by atomic mass is 10.2. The summed E-state index contributed by atoms with van der Waals surface area (Å²) in [6, 6.07) is 5.37. The van der Waals surface area contributed by atoms with Crippen molar-refractivity contribution in [2.24, 2.45) is 0 Å². The molecule has 1 aliphatic rings. The molecule has 30 heavy (non-hydrogen) atoms. The smallest absolute Gasteiger partial charge is 0.263 e. The third-order valence-electron chi connectivity index (χ3n) is 5.45. The predicted octanol–water partition coefficient (Wildman–Crippen LogP) is 3.97. The number of thioether (sulfide) groups is 1. The fourth-order valence-electron chi connectivity index (χ4n) is 4.06. The Morgan fingerprint density at radius 3 is 2.90 bits per heavy atom. The van der Waals surface area contributed by atoms with Gasteiger partial charge in [0.25, 0.3) is 11.1 Å². The molecule has 0 aromatic carbocycles. The van der Waals surface area contributed by atoms with Gasteiger partial charge in [0.2, 0.25) is 0 Å². The topological polar surface area (TPSA) is 69.3 Å². The quantitative estimate of drug-likeness (QED) is 0.348. The molecule has 154 valence electrons. The first-order valence-corrected chi connectivity index (χ1v) is 12.0. The molecule has 6 nitrogen and oxygen atoms in total. The number of pyridine rings is 1. The fourth-order valence-corrected chi connectivity index (χ4v) is 6.28. The third-order valence-corrected chi connectivity index (χ3v) is 7.64. The summed E-state index contributed by atoms with van der Waals surface area (Å²) in [5.74, 6) is 0.492. The molecule has 0 saturated carbocycles. The number of fused-ring (bicyclic) bond motifs is 4. The molecule has 0 spiro atoms. The average molecular weight is 439 g/mol. The van der Waals surface area contributed by atoms with Gasteiger partial charge in [-0.2, -0.15) is 0 Å². The van der Waals surface area contributed by atoms with Gasteiger partial charge in [0.05, 0.1) is 11.1 Å². The molecule has 0 unspecified atom stereocenters. The molecule has 1 aliphatic carbocycles. The van der Waals surface area contributed by atoms with Crippen molar-refractivity contribution in [2.45, 2.75) is 57.0 Å². The van der Waals surface area contributed by atoms with E-state index in [9.17, 15) is 9.59 Å². The standard InChI is InChI=1S/C22H22N4O2S2/c1-3-9-25-21(28)19-15-5-4-6-16(15)30-20(19)24-22(25)29-12-14-10-18(27)26-11-13(2)7-8-17(26)23-14/h7-8,10-11H,3-6,9,12H2,1-2H3. The molecule has 0 amide bonds. The van der Waals surface area contributed by atoms with Crippen molar-refractivity contribution in [1.29, 1.82) is 0 Å². The lowest BCUT2D eigenvalue weighted by Gasteiger charge is -2.11. The molecule has 0 fully saturated rings. The lowest BCUT2D eigenvalue weighted by Crippen LogP contribution is -2.23. The van der Waals surface area contributed by atoms with Crippen LogP contribution in [-0.2, 0) is 25.1 Å². The fraction of sp³-hybridized carbons (Fsp3) is 0.364. The van der Waals surface area contributed by atoms with E-state index in [1.165, 1.54) is 22.2 Å². The molecule has 0 N–H and O–H groups in total. The summed E-state index contributed by atoms with van der Waals surface area (Å²) < 4.78 is 3.36. The minimum Gasteiger partial charge on any atom is -0.287 e. The Balaban J connectivity index is 1.53. The second-order valence-corrected chi connectivity index (χ2v) is 9.72. The second-order valence-electron chi connectivity index (χ2n) is 7.70. The molecule has 0 saturated heterocycles. The van der Waals surface area contributed by atoms with Crippen LogP contribution in [-0.4, -0.2) is 18.9 Å². The van der Waals surface area contributed by atoms with Crippen LogP contribution in [0.4, 0.5) is 0 Å². The van der Waals surface area contributed by atoms with Crippen LogP contribution >= 0.6 is 23.1 Å². The van der Waals surface area contributed by atoms with E-state index in [1.807, 2.05) is 19.1 Å². The zero-order chi connectivity index (χ0) is 20.8. The maximum atomic E-state index is 13.3. The largest absolute Gasteiger partial charge is 0.287 e. The van der Waals surface area contributed by atoms with Crippen molar-refractivity contribution in [1.82, 2.24) is 18.9 Å². The van der Waals surface area contributed by atoms with Gasteiger partial charge in [-0.25, -0.2) is 9.97 Å². The number of hydrogen-bond acceptors (Lipinski definition) is 6. The summed E-state index contributed by atoms with van der Waals surface area (Å²) in [6.07, 6.45) is 5.82. The van der Waals surface area contributed by atoms with Crippen molar-refractivity contribution >= 4 is 39.0 Å². The Morgan fingerprint density at radius 2 is 2.07 bits per heavy atom. The highest BCUT2D eigenvalue weighted by Crippen LogP contribution is 2.35. The van der Waals surface area contributed by atoms with E-state index in [0.29, 0.717) is 28.8 Å². The van der Waals surface area contributed by atoms with Crippen molar-refractivity contribution in [3.63, 3.8) is 0 Å². The summed E-state index contributed by atoms with van der Waals surface area (Å²) in [4.78, 5) is 37.4. The Hall–Kier alpha value is -2.45. The monoisotopic (exact) mass is 438 g/mol. The molecular weight excluding hydrogens is 416 g/mol. The zero-order valence-electron chi connectivity index (χ0n) is 17.0. The van der Waals surface area contributed by atoms with Crippen molar-refractivity contribution in [3.8, 4) is 0 Å². The van der Waals surface area contributed by atoms with E-state index >= 15 is 0 Å². The van der Waals surface area contributed by atoms with Crippen LogP contribution in [0.2, 0.25) is 0 Å². The number of thiophene rings is 1. The highest BCUT2D eigenvalue weighted by atomic mass is 32.2. The van der Waals surface area contributed by atoms with Gasteiger partial charge in [-0.05, 0) is 49.8 Å². The SMILES string of the molecule is CCCn1c(SCc2cc(=O)n3cc(C)ccc3n2)nc2sc3c(c2c1=O)CCC3. The van der Waals surface area contributed by atoms with E-state index in [4.69, 9.17) is 4.98 Å². The Morgan fingerprint density at radius 1 is 1.20 bits per heavy atom. The first kappa shape index (κ1) is 19.5. The van der Waals surface area contributed by atoms with Gasteiger partial charge in [0.15, 0.2) is 5.16 Å². The second kappa shape index (κ2) is 7.67. The van der Waals surface area contributed by atoms with Gasteiger partial charge in [-0.3, -0.25) is 18.6 Å². The summed E-state index contributed by atoms with van der Waals surface area (Å²) in [5.41, 5.74) is 3.53. The highest BCUT2D eigenvalue weighted by Gasteiger charge is 2.23. The Bertz CT molecular complexity index is 1400. The predicted molar refractivity (Wildman–Crippen MR) is 122 cm³/mol. The first-order chi connectivity index (χ1) is 14.5. The Kier molecular flexibility index (Phi) is 4.99. The van der Waals surface area contributed by atoms with Crippen LogP contribution in [0.25, 0.3) is 15.9 Å². The molecule has 0 bridgehead atoms. The van der Waals surface area contributed by atoms with Crippen LogP contribution < -0.4 is 11.1 Å². The van der Waals surface area contributed by atoms with Crippen LogP contribution in [0.1, 0.15) is 41.5 Å². The molecular formula is C22H22N4O2S2. The molecule has 0 atom stereocenters. The minimum absolute atomic E-state index is 0.0748. The summed E-state index contributed by atoms with van der Waals surface area (Å²) >= 11 is 3.14. The number of aromatic nitrogens is 4. The molecule has 8 heteroatoms. The van der Waals surface area contributed by atoms with E-state index in [0.717, 1.165) is 41.5 Å². The highest BCUT2D eigenvalue weighted by molar-refractivity contribution is 7.98. The van der Waals surface area contributed by atoms with Gasteiger partial charge in [-0.15, -0.1) is 11.3 Å². The van der Waals surface area contributed by atoms with Gasteiger partial charge in [0.1, 0.15) is 10.5 Å². The third kappa shape index (κ3) is 3.28. The van der Waals surface area contributed by atoms with Gasteiger partial charge >= 0.3 is 0 Å². The van der Waals surface area contributed by atoms with E-state index < -0.39 is 0 Å². The maximum Gasteiger partial charge on any atom is 0.263 e. The van der Waals surface area contributed by atoms with E-state index in [1.54, 1.807) is 32.6 Å². The molecule has 0 radical (unpaired) electrons. The normalized spacial score (nSPS) is 13.4. The minimum atomic E-state index is -0.0941. The summed E-state index contributed by atoms with van der Waals surface area (Å²) in [5, 5.41) is 1.53. The molecule has 4 aromatic rings. The van der Waals surface area contributed by atoms with E-state index in [-0.39, 0.29) is 11.1 Å². The number of rotatable bonds is 5. The molecule has 4 aromatic heterocycles. The van der Waals surface area contributed by atoms with Gasteiger partial charge in [-0.1, -0.05) is 24.8 Å². The first-order valence-electron chi connectivity index (χ1n) is 10.2. The zero-order valence-corrected chi connectivity index (χ0v) is 18.6. The number of aryl methyl sites for hydroxylation is 3. The average Bonchev–Trinajstić information content (AvgIpc) is 3.30. The van der Waals surface area contributed by atoms with Crippen molar-refractivity contribution in [2.75, 3.05) is 0 Å². The van der Waals surface area contributed by atoms with E-state index in [2.05, 4.69) is 11.9 Å². The van der Waals surface area contributed by atoms with Crippen molar-refractivity contribution in [3.05, 3.63) is 66.8 Å². The summed E-state index contributed by atoms with van der Waals surface area (Å²) in [7, 11) is 0. The Labute approximate surface area is 181 Å². The molecule has 0 aliphatic heterocycles. The summed E-state index contributed by atoms with van der Waals surface area (Å²) in [6.45, 7) is 4.66. The van der Waals surface area contributed by atoms with Crippen LogP contribution in [0, 0.1) is 6.92 Å². The lowest BCUT2D eigenvalue weighted by molar-refractivity contribution is 0.585. The van der Waals surface area contributed by atoms with Crippen LogP contribution in [0.5, 0.6) is 0 Å². The number of hydrogen-bond donors (Lipinski definition) is 0. The molecule has 4 heterocycles.